The Morgan fingerprint density at radius 1 is 1.40 bits per heavy atom. The summed E-state index contributed by atoms with van der Waals surface area (Å²) in [6.45, 7) is 0.757. The van der Waals surface area contributed by atoms with Gasteiger partial charge in [-0.2, -0.15) is 0 Å². The molecule has 0 aromatic heterocycles. The molecular formula is C13H17BrN2O3S. The van der Waals surface area contributed by atoms with Gasteiger partial charge < -0.3 is 5.32 Å². The number of hydrogen-bond acceptors (Lipinski definition) is 3. The second-order valence-electron chi connectivity index (χ2n) is 4.93. The predicted octanol–water partition coefficient (Wildman–Crippen LogP) is 2.06. The van der Waals surface area contributed by atoms with Gasteiger partial charge in [-0.3, -0.25) is 4.79 Å². The Hall–Kier alpha value is -0.920. The lowest BCUT2D eigenvalue weighted by Crippen LogP contribution is -2.43. The molecule has 2 rings (SSSR count). The standard InChI is InChI=1S/C13H17BrN2O3S/c1-20(18,19)16-8-4-5-10(9-16)13(17)15-12-7-3-2-6-11(12)14/h2-3,6-7,10H,4-5,8-9H2,1H3,(H,15,17). The highest BCUT2D eigenvalue weighted by Crippen LogP contribution is 2.24. The van der Waals surface area contributed by atoms with Gasteiger partial charge in [0.15, 0.2) is 0 Å². The lowest BCUT2D eigenvalue weighted by Gasteiger charge is -2.30. The van der Waals surface area contributed by atoms with Crippen LogP contribution in [-0.4, -0.2) is 38.0 Å². The van der Waals surface area contributed by atoms with E-state index < -0.39 is 10.0 Å². The van der Waals surface area contributed by atoms with Crippen LogP contribution in [0.3, 0.4) is 0 Å². The van der Waals surface area contributed by atoms with Gasteiger partial charge in [0.05, 0.1) is 17.9 Å². The molecule has 1 amide bonds. The predicted molar refractivity (Wildman–Crippen MR) is 81.9 cm³/mol. The fourth-order valence-electron chi connectivity index (χ4n) is 2.26. The molecule has 1 atom stereocenters. The van der Waals surface area contributed by atoms with E-state index in [0.717, 1.165) is 4.47 Å². The molecule has 1 aromatic rings. The number of para-hydroxylation sites is 1. The summed E-state index contributed by atoms with van der Waals surface area (Å²) in [4.78, 5) is 12.2. The van der Waals surface area contributed by atoms with Gasteiger partial charge in [-0.25, -0.2) is 12.7 Å². The number of anilines is 1. The van der Waals surface area contributed by atoms with E-state index in [0.29, 0.717) is 25.1 Å². The van der Waals surface area contributed by atoms with Crippen LogP contribution < -0.4 is 5.32 Å². The quantitative estimate of drug-likeness (QED) is 0.896. The van der Waals surface area contributed by atoms with Crippen molar-refractivity contribution < 1.29 is 13.2 Å². The maximum atomic E-state index is 12.2. The Bertz CT molecular complexity index is 603. The summed E-state index contributed by atoms with van der Waals surface area (Å²) >= 11 is 3.37. The highest BCUT2D eigenvalue weighted by atomic mass is 79.9. The number of halogens is 1. The summed E-state index contributed by atoms with van der Waals surface area (Å²) in [5.74, 6) is -0.434. The summed E-state index contributed by atoms with van der Waals surface area (Å²) in [5.41, 5.74) is 0.703. The summed E-state index contributed by atoms with van der Waals surface area (Å²) < 4.78 is 25.3. The van der Waals surface area contributed by atoms with Crippen molar-refractivity contribution >= 4 is 37.5 Å². The Labute approximate surface area is 127 Å². The molecule has 20 heavy (non-hydrogen) atoms. The van der Waals surface area contributed by atoms with Gasteiger partial charge >= 0.3 is 0 Å². The second kappa shape index (κ2) is 6.24. The molecule has 0 radical (unpaired) electrons. The van der Waals surface area contributed by atoms with Crippen molar-refractivity contribution in [2.75, 3.05) is 24.7 Å². The number of nitrogens with one attached hydrogen (secondary N) is 1. The summed E-state index contributed by atoms with van der Waals surface area (Å²) in [6.07, 6.45) is 2.60. The summed E-state index contributed by atoms with van der Waals surface area (Å²) in [6, 6.07) is 7.36. The molecule has 1 unspecified atom stereocenters. The van der Waals surface area contributed by atoms with Crippen molar-refractivity contribution in [1.82, 2.24) is 4.31 Å². The van der Waals surface area contributed by atoms with E-state index in [1.54, 1.807) is 6.07 Å². The number of nitrogens with zero attached hydrogens (tertiary/aromatic N) is 1. The molecule has 5 nitrogen and oxygen atoms in total. The highest BCUT2D eigenvalue weighted by molar-refractivity contribution is 9.10. The van der Waals surface area contributed by atoms with Crippen LogP contribution in [0.5, 0.6) is 0 Å². The normalized spacial score (nSPS) is 20.6. The third kappa shape index (κ3) is 3.80. The number of sulfonamides is 1. The molecule has 1 aliphatic rings. The van der Waals surface area contributed by atoms with Crippen molar-refractivity contribution in [3.05, 3.63) is 28.7 Å². The first-order valence-electron chi connectivity index (χ1n) is 6.38. The molecule has 1 aromatic carbocycles. The van der Waals surface area contributed by atoms with Gasteiger partial charge in [-0.05, 0) is 40.9 Å². The molecule has 0 saturated carbocycles. The lowest BCUT2D eigenvalue weighted by molar-refractivity contribution is -0.120. The van der Waals surface area contributed by atoms with Crippen LogP contribution in [0.2, 0.25) is 0 Å². The fourth-order valence-corrected chi connectivity index (χ4v) is 3.55. The van der Waals surface area contributed by atoms with Crippen LogP contribution in [0.25, 0.3) is 0 Å². The Balaban J connectivity index is 2.04. The molecule has 1 N–H and O–H groups in total. The van der Waals surface area contributed by atoms with Crippen molar-refractivity contribution in [3.8, 4) is 0 Å². The number of carbonyl (C=O) groups excluding carboxylic acids is 1. The Kier molecular flexibility index (Phi) is 4.82. The minimum atomic E-state index is -3.23. The van der Waals surface area contributed by atoms with Gasteiger partial charge in [-0.1, -0.05) is 12.1 Å². The number of benzene rings is 1. The van der Waals surface area contributed by atoms with Crippen molar-refractivity contribution in [3.63, 3.8) is 0 Å². The minimum Gasteiger partial charge on any atom is -0.325 e. The van der Waals surface area contributed by atoms with E-state index in [1.807, 2.05) is 18.2 Å². The summed E-state index contributed by atoms with van der Waals surface area (Å²) in [5, 5.41) is 2.84. The van der Waals surface area contributed by atoms with Crippen LogP contribution in [0.1, 0.15) is 12.8 Å². The number of rotatable bonds is 3. The van der Waals surface area contributed by atoms with E-state index in [4.69, 9.17) is 0 Å². The highest BCUT2D eigenvalue weighted by Gasteiger charge is 2.30. The van der Waals surface area contributed by atoms with Gasteiger partial charge in [0, 0.05) is 17.6 Å². The number of amides is 1. The Morgan fingerprint density at radius 3 is 2.75 bits per heavy atom. The maximum Gasteiger partial charge on any atom is 0.228 e. The molecule has 110 valence electrons. The number of carbonyl (C=O) groups is 1. The fraction of sp³-hybridized carbons (Fsp3) is 0.462. The first-order chi connectivity index (χ1) is 9.38. The largest absolute Gasteiger partial charge is 0.325 e. The van der Waals surface area contributed by atoms with Crippen molar-refractivity contribution in [2.24, 2.45) is 5.92 Å². The molecule has 1 fully saturated rings. The SMILES string of the molecule is CS(=O)(=O)N1CCCC(C(=O)Nc2ccccc2Br)C1. The second-order valence-corrected chi connectivity index (χ2v) is 7.77. The van der Waals surface area contributed by atoms with Crippen LogP contribution in [-0.2, 0) is 14.8 Å². The van der Waals surface area contributed by atoms with Gasteiger partial charge in [0.2, 0.25) is 15.9 Å². The van der Waals surface area contributed by atoms with E-state index in [9.17, 15) is 13.2 Å². The number of piperidine rings is 1. The van der Waals surface area contributed by atoms with E-state index >= 15 is 0 Å². The molecule has 1 heterocycles. The zero-order chi connectivity index (χ0) is 14.8. The van der Waals surface area contributed by atoms with Crippen LogP contribution in [0.4, 0.5) is 5.69 Å². The smallest absolute Gasteiger partial charge is 0.228 e. The summed E-state index contributed by atoms with van der Waals surface area (Å²) in [7, 11) is -3.23. The van der Waals surface area contributed by atoms with E-state index in [1.165, 1.54) is 10.6 Å². The van der Waals surface area contributed by atoms with Gasteiger partial charge in [0.1, 0.15) is 0 Å². The van der Waals surface area contributed by atoms with Crippen LogP contribution in [0.15, 0.2) is 28.7 Å². The van der Waals surface area contributed by atoms with Crippen LogP contribution in [0, 0.1) is 5.92 Å². The average molecular weight is 361 g/mol. The average Bonchev–Trinajstić information content (AvgIpc) is 2.40. The zero-order valence-corrected chi connectivity index (χ0v) is 13.6. The third-order valence-electron chi connectivity index (χ3n) is 3.36. The number of hydrogen-bond donors (Lipinski definition) is 1. The molecule has 0 spiro atoms. The molecule has 1 aliphatic heterocycles. The van der Waals surface area contributed by atoms with Crippen molar-refractivity contribution in [2.45, 2.75) is 12.8 Å². The van der Waals surface area contributed by atoms with Crippen LogP contribution >= 0.6 is 15.9 Å². The topological polar surface area (TPSA) is 66.5 Å². The lowest BCUT2D eigenvalue weighted by atomic mass is 9.99. The van der Waals surface area contributed by atoms with Gasteiger partial charge in [-0.15, -0.1) is 0 Å². The van der Waals surface area contributed by atoms with Crippen molar-refractivity contribution in [1.29, 1.82) is 0 Å². The van der Waals surface area contributed by atoms with E-state index in [-0.39, 0.29) is 18.4 Å². The van der Waals surface area contributed by atoms with Gasteiger partial charge in [0.25, 0.3) is 0 Å². The molecule has 0 bridgehead atoms. The first kappa shape index (κ1) is 15.5. The Morgan fingerprint density at radius 2 is 2.10 bits per heavy atom. The molecule has 0 aliphatic carbocycles. The van der Waals surface area contributed by atoms with E-state index in [2.05, 4.69) is 21.2 Å². The molecule has 7 heteroatoms. The third-order valence-corrected chi connectivity index (χ3v) is 5.32. The first-order valence-corrected chi connectivity index (χ1v) is 9.02. The molecule has 1 saturated heterocycles. The minimum absolute atomic E-state index is 0.134. The zero-order valence-electron chi connectivity index (χ0n) is 11.2. The maximum absolute atomic E-state index is 12.2. The monoisotopic (exact) mass is 360 g/mol. The molecular weight excluding hydrogens is 344 g/mol.